The molecule has 0 aliphatic carbocycles. The van der Waals surface area contributed by atoms with Crippen molar-refractivity contribution in [1.82, 2.24) is 15.2 Å². The maximum absolute atomic E-state index is 5.50. The first-order valence-electron chi connectivity index (χ1n) is 6.42. The van der Waals surface area contributed by atoms with Gasteiger partial charge in [-0.15, -0.1) is 21.5 Å². The Morgan fingerprint density at radius 3 is 3.05 bits per heavy atom. The topological polar surface area (TPSA) is 63.8 Å². The Morgan fingerprint density at radius 1 is 1.38 bits per heavy atom. The number of nitrogens with one attached hydrogen (secondary N) is 1. The van der Waals surface area contributed by atoms with Crippen molar-refractivity contribution in [3.63, 3.8) is 0 Å². The first-order valence-corrected chi connectivity index (χ1v) is 9.10. The highest BCUT2D eigenvalue weighted by Gasteiger charge is 2.10. The number of oxazole rings is 1. The predicted molar refractivity (Wildman–Crippen MR) is 88.0 cm³/mol. The monoisotopic (exact) mass is 338 g/mol. The first kappa shape index (κ1) is 14.6. The van der Waals surface area contributed by atoms with Crippen LogP contribution in [0.3, 0.4) is 0 Å². The van der Waals surface area contributed by atoms with Crippen molar-refractivity contribution in [2.45, 2.75) is 30.0 Å². The van der Waals surface area contributed by atoms with Gasteiger partial charge in [0.2, 0.25) is 11.0 Å². The summed E-state index contributed by atoms with van der Waals surface area (Å²) < 4.78 is 6.43. The van der Waals surface area contributed by atoms with E-state index in [-0.39, 0.29) is 0 Å². The molecule has 0 aliphatic heterocycles. The van der Waals surface area contributed by atoms with E-state index in [0.29, 0.717) is 11.9 Å². The van der Waals surface area contributed by atoms with Crippen LogP contribution in [0.25, 0.3) is 10.8 Å². The Kier molecular flexibility index (Phi) is 4.57. The molecular formula is C13H14N4OS3. The van der Waals surface area contributed by atoms with Crippen LogP contribution in [0, 0.1) is 0 Å². The average molecular weight is 338 g/mol. The fraction of sp³-hybridized carbons (Fsp3) is 0.308. The number of nitrogens with zero attached hydrogens (tertiary/aromatic N) is 3. The molecular weight excluding hydrogens is 324 g/mol. The fourth-order valence-corrected chi connectivity index (χ4v) is 4.03. The van der Waals surface area contributed by atoms with Crippen molar-refractivity contribution in [1.29, 1.82) is 0 Å². The normalized spacial score (nSPS) is 11.2. The highest BCUT2D eigenvalue weighted by Crippen LogP contribution is 2.30. The smallest absolute Gasteiger partial charge is 0.236 e. The lowest BCUT2D eigenvalue weighted by atomic mass is 10.4. The van der Waals surface area contributed by atoms with Gasteiger partial charge in [0.05, 0.1) is 10.6 Å². The van der Waals surface area contributed by atoms with Gasteiger partial charge in [0.15, 0.2) is 4.34 Å². The van der Waals surface area contributed by atoms with Crippen LogP contribution < -0.4 is 5.32 Å². The van der Waals surface area contributed by atoms with Gasteiger partial charge in [-0.25, -0.2) is 4.98 Å². The zero-order valence-electron chi connectivity index (χ0n) is 11.6. The van der Waals surface area contributed by atoms with E-state index < -0.39 is 0 Å². The van der Waals surface area contributed by atoms with E-state index in [0.717, 1.165) is 25.8 Å². The molecule has 21 heavy (non-hydrogen) atoms. The van der Waals surface area contributed by atoms with E-state index in [4.69, 9.17) is 4.42 Å². The van der Waals surface area contributed by atoms with Crippen LogP contribution >= 0.6 is 34.4 Å². The van der Waals surface area contributed by atoms with Gasteiger partial charge in [-0.2, -0.15) is 0 Å². The molecule has 3 rings (SSSR count). The number of anilines is 1. The van der Waals surface area contributed by atoms with E-state index in [9.17, 15) is 0 Å². The third-order valence-electron chi connectivity index (χ3n) is 2.45. The first-order chi connectivity index (χ1) is 10.2. The molecule has 3 heterocycles. The Morgan fingerprint density at radius 2 is 2.29 bits per heavy atom. The summed E-state index contributed by atoms with van der Waals surface area (Å²) in [6, 6.07) is 4.35. The number of aromatic nitrogens is 3. The van der Waals surface area contributed by atoms with Gasteiger partial charge in [0.1, 0.15) is 6.26 Å². The Labute approximate surface area is 134 Å². The largest absolute Gasteiger partial charge is 0.444 e. The molecule has 0 saturated heterocycles. The minimum Gasteiger partial charge on any atom is -0.444 e. The maximum Gasteiger partial charge on any atom is 0.236 e. The standard InChI is InChI=1S/C13H14N4OS3/c1-8(2)14-12-16-17-13(21-12)20-7-9-6-18-11(15-9)10-4-3-5-19-10/h3-6,8H,7H2,1-2H3,(H,14,16). The quantitative estimate of drug-likeness (QED) is 0.673. The van der Waals surface area contributed by atoms with E-state index in [1.165, 1.54) is 0 Å². The SMILES string of the molecule is CC(C)Nc1nnc(SCc2coc(-c3cccs3)n2)s1. The Bertz CT molecular complexity index is 690. The zero-order chi connectivity index (χ0) is 14.7. The second kappa shape index (κ2) is 6.59. The van der Waals surface area contributed by atoms with E-state index in [1.54, 1.807) is 40.7 Å². The third kappa shape index (κ3) is 3.84. The summed E-state index contributed by atoms with van der Waals surface area (Å²) in [5.41, 5.74) is 0.914. The number of hydrogen-bond acceptors (Lipinski definition) is 8. The average Bonchev–Trinajstić information content (AvgIpc) is 3.17. The van der Waals surface area contributed by atoms with Crippen LogP contribution in [-0.4, -0.2) is 21.2 Å². The minimum absolute atomic E-state index is 0.361. The molecule has 0 fully saturated rings. The molecule has 3 aromatic heterocycles. The lowest BCUT2D eigenvalue weighted by Crippen LogP contribution is -2.08. The summed E-state index contributed by atoms with van der Waals surface area (Å²) in [5, 5.41) is 14.4. The molecule has 0 spiro atoms. The van der Waals surface area contributed by atoms with Crippen molar-refractivity contribution in [3.05, 3.63) is 29.5 Å². The number of hydrogen-bond donors (Lipinski definition) is 1. The van der Waals surface area contributed by atoms with Gasteiger partial charge in [-0.1, -0.05) is 29.2 Å². The van der Waals surface area contributed by atoms with Crippen LogP contribution in [0.2, 0.25) is 0 Å². The molecule has 3 aromatic rings. The summed E-state index contributed by atoms with van der Waals surface area (Å²) >= 11 is 4.80. The fourth-order valence-electron chi connectivity index (χ4n) is 1.60. The van der Waals surface area contributed by atoms with Gasteiger partial charge in [-0.3, -0.25) is 0 Å². The van der Waals surface area contributed by atoms with Crippen molar-refractivity contribution in [2.75, 3.05) is 5.32 Å². The molecule has 110 valence electrons. The molecule has 5 nitrogen and oxygen atoms in total. The molecule has 1 N–H and O–H groups in total. The molecule has 0 aromatic carbocycles. The summed E-state index contributed by atoms with van der Waals surface area (Å²) in [4.78, 5) is 5.53. The van der Waals surface area contributed by atoms with Gasteiger partial charge in [-0.05, 0) is 25.3 Å². The number of thiophene rings is 1. The van der Waals surface area contributed by atoms with Gasteiger partial charge >= 0.3 is 0 Å². The van der Waals surface area contributed by atoms with Gasteiger partial charge in [0.25, 0.3) is 0 Å². The van der Waals surface area contributed by atoms with Crippen LogP contribution in [-0.2, 0) is 5.75 Å². The summed E-state index contributed by atoms with van der Waals surface area (Å²) in [5.74, 6) is 1.41. The maximum atomic E-state index is 5.50. The summed E-state index contributed by atoms with van der Waals surface area (Å²) in [6.07, 6.45) is 1.70. The third-order valence-corrected chi connectivity index (χ3v) is 5.33. The van der Waals surface area contributed by atoms with E-state index in [1.807, 2.05) is 17.5 Å². The Balaban J connectivity index is 1.59. The van der Waals surface area contributed by atoms with Crippen molar-refractivity contribution in [3.8, 4) is 10.8 Å². The molecule has 0 atom stereocenters. The van der Waals surface area contributed by atoms with Crippen LogP contribution in [0.5, 0.6) is 0 Å². The highest BCUT2D eigenvalue weighted by atomic mass is 32.2. The number of thioether (sulfide) groups is 1. The van der Waals surface area contributed by atoms with E-state index >= 15 is 0 Å². The van der Waals surface area contributed by atoms with Crippen LogP contribution in [0.4, 0.5) is 5.13 Å². The Hall–Kier alpha value is -1.38. The second-order valence-corrected chi connectivity index (χ2v) is 7.73. The second-order valence-electron chi connectivity index (χ2n) is 4.58. The lowest BCUT2D eigenvalue weighted by Gasteiger charge is -2.02. The minimum atomic E-state index is 0.361. The molecule has 0 amide bonds. The van der Waals surface area contributed by atoms with E-state index in [2.05, 4.69) is 34.3 Å². The molecule has 0 unspecified atom stereocenters. The zero-order valence-corrected chi connectivity index (χ0v) is 14.0. The van der Waals surface area contributed by atoms with Crippen molar-refractivity contribution in [2.24, 2.45) is 0 Å². The predicted octanol–water partition coefficient (Wildman–Crippen LogP) is 4.37. The van der Waals surface area contributed by atoms with Gasteiger partial charge in [0, 0.05) is 11.8 Å². The highest BCUT2D eigenvalue weighted by molar-refractivity contribution is 8.00. The molecule has 0 bridgehead atoms. The lowest BCUT2D eigenvalue weighted by molar-refractivity contribution is 0.575. The summed E-state index contributed by atoms with van der Waals surface area (Å²) in [6.45, 7) is 4.16. The number of rotatable bonds is 6. The molecule has 8 heteroatoms. The summed E-state index contributed by atoms with van der Waals surface area (Å²) in [7, 11) is 0. The van der Waals surface area contributed by atoms with Crippen LogP contribution in [0.15, 0.2) is 32.5 Å². The molecule has 0 aliphatic rings. The van der Waals surface area contributed by atoms with Gasteiger partial charge < -0.3 is 9.73 Å². The van der Waals surface area contributed by atoms with Crippen molar-refractivity contribution < 1.29 is 4.42 Å². The van der Waals surface area contributed by atoms with Crippen molar-refractivity contribution >= 4 is 39.6 Å². The molecule has 0 saturated carbocycles. The van der Waals surface area contributed by atoms with Crippen LogP contribution in [0.1, 0.15) is 19.5 Å². The molecule has 0 radical (unpaired) electrons.